The van der Waals surface area contributed by atoms with Crippen LogP contribution in [0.25, 0.3) is 11.0 Å². The van der Waals surface area contributed by atoms with Crippen LogP contribution in [0.2, 0.25) is 0 Å². The van der Waals surface area contributed by atoms with E-state index in [1.165, 1.54) is 0 Å². The zero-order valence-corrected chi connectivity index (χ0v) is 13.2. The van der Waals surface area contributed by atoms with E-state index >= 15 is 0 Å². The summed E-state index contributed by atoms with van der Waals surface area (Å²) in [6.07, 6.45) is 3.21. The second-order valence-corrected chi connectivity index (χ2v) is 5.41. The standard InChI is InChI=1S/C16H19N5O/c1-5-21-12(4)14(10(2)19-21)11(3)20-9-18-15-13(16(20)22)7-6-8-17-15/h6-9,11H,5H2,1-4H3/t11-/m1/s1. The Labute approximate surface area is 128 Å². The fourth-order valence-corrected chi connectivity index (χ4v) is 3.01. The van der Waals surface area contributed by atoms with Crippen LogP contribution in [0.3, 0.4) is 0 Å². The molecule has 3 heterocycles. The van der Waals surface area contributed by atoms with E-state index in [0.29, 0.717) is 11.0 Å². The average molecular weight is 297 g/mol. The Balaban J connectivity index is 2.18. The third-order valence-corrected chi connectivity index (χ3v) is 4.13. The Morgan fingerprint density at radius 3 is 2.73 bits per heavy atom. The van der Waals surface area contributed by atoms with Gasteiger partial charge in [0.25, 0.3) is 5.56 Å². The number of aryl methyl sites for hydroxylation is 2. The van der Waals surface area contributed by atoms with Crippen LogP contribution >= 0.6 is 0 Å². The van der Waals surface area contributed by atoms with Crippen LogP contribution in [0.5, 0.6) is 0 Å². The molecule has 0 radical (unpaired) electrons. The van der Waals surface area contributed by atoms with Crippen molar-refractivity contribution in [1.82, 2.24) is 24.3 Å². The largest absolute Gasteiger partial charge is 0.291 e. The number of nitrogens with zero attached hydrogens (tertiary/aromatic N) is 5. The number of pyridine rings is 1. The lowest BCUT2D eigenvalue weighted by molar-refractivity contribution is 0.595. The highest BCUT2D eigenvalue weighted by molar-refractivity contribution is 5.72. The minimum atomic E-state index is -0.120. The van der Waals surface area contributed by atoms with E-state index < -0.39 is 0 Å². The molecule has 0 bridgehead atoms. The maximum atomic E-state index is 12.7. The van der Waals surface area contributed by atoms with Gasteiger partial charge in [-0.3, -0.25) is 14.0 Å². The van der Waals surface area contributed by atoms with Crippen LogP contribution in [0.15, 0.2) is 29.5 Å². The molecule has 0 N–H and O–H groups in total. The van der Waals surface area contributed by atoms with E-state index in [0.717, 1.165) is 23.5 Å². The molecule has 0 fully saturated rings. The molecule has 0 spiro atoms. The van der Waals surface area contributed by atoms with Crippen molar-refractivity contribution in [2.45, 2.75) is 40.3 Å². The van der Waals surface area contributed by atoms with Gasteiger partial charge in [0.05, 0.1) is 17.1 Å². The first-order valence-corrected chi connectivity index (χ1v) is 7.40. The first-order valence-electron chi connectivity index (χ1n) is 7.40. The predicted octanol–water partition coefficient (Wildman–Crippen LogP) is 2.23. The molecule has 3 aromatic rings. The summed E-state index contributed by atoms with van der Waals surface area (Å²) >= 11 is 0. The number of aromatic nitrogens is 5. The molecule has 0 aliphatic heterocycles. The summed E-state index contributed by atoms with van der Waals surface area (Å²) in [5, 5.41) is 5.07. The van der Waals surface area contributed by atoms with Gasteiger partial charge in [-0.1, -0.05) is 0 Å². The number of fused-ring (bicyclic) bond motifs is 1. The Bertz CT molecular complexity index is 893. The van der Waals surface area contributed by atoms with E-state index in [9.17, 15) is 4.79 Å². The molecule has 6 heteroatoms. The van der Waals surface area contributed by atoms with E-state index in [4.69, 9.17) is 0 Å². The zero-order chi connectivity index (χ0) is 15.9. The second-order valence-electron chi connectivity index (χ2n) is 5.41. The lowest BCUT2D eigenvalue weighted by atomic mass is 10.1. The third-order valence-electron chi connectivity index (χ3n) is 4.13. The first-order chi connectivity index (χ1) is 10.5. The van der Waals surface area contributed by atoms with Gasteiger partial charge >= 0.3 is 0 Å². The van der Waals surface area contributed by atoms with Crippen LogP contribution in [0.4, 0.5) is 0 Å². The van der Waals surface area contributed by atoms with Crippen molar-refractivity contribution < 1.29 is 0 Å². The van der Waals surface area contributed by atoms with Crippen molar-refractivity contribution in [1.29, 1.82) is 0 Å². The predicted molar refractivity (Wildman–Crippen MR) is 85.0 cm³/mol. The topological polar surface area (TPSA) is 65.6 Å². The van der Waals surface area contributed by atoms with Crippen molar-refractivity contribution in [3.63, 3.8) is 0 Å². The normalized spacial score (nSPS) is 12.7. The molecule has 0 unspecified atom stereocenters. The molecule has 114 valence electrons. The summed E-state index contributed by atoms with van der Waals surface area (Å²) in [5.74, 6) is 0. The number of hydrogen-bond donors (Lipinski definition) is 0. The van der Waals surface area contributed by atoms with Gasteiger partial charge < -0.3 is 0 Å². The summed E-state index contributed by atoms with van der Waals surface area (Å²) < 4.78 is 3.61. The van der Waals surface area contributed by atoms with Gasteiger partial charge in [0.15, 0.2) is 5.65 Å². The molecule has 3 rings (SSSR count). The maximum absolute atomic E-state index is 12.7. The smallest absolute Gasteiger partial charge is 0.263 e. The van der Waals surface area contributed by atoms with Crippen LogP contribution < -0.4 is 5.56 Å². The van der Waals surface area contributed by atoms with Crippen LogP contribution in [0.1, 0.15) is 36.8 Å². The SMILES string of the molecule is CCn1nc(C)c([C@@H](C)n2cnc3ncccc3c2=O)c1C. The quantitative estimate of drug-likeness (QED) is 0.743. The molecule has 1 atom stereocenters. The number of hydrogen-bond acceptors (Lipinski definition) is 4. The molecule has 3 aromatic heterocycles. The van der Waals surface area contributed by atoms with Crippen molar-refractivity contribution >= 4 is 11.0 Å². The van der Waals surface area contributed by atoms with Gasteiger partial charge in [-0.15, -0.1) is 0 Å². The molecule has 0 aromatic carbocycles. The molecule has 6 nitrogen and oxygen atoms in total. The van der Waals surface area contributed by atoms with Crippen LogP contribution in [-0.2, 0) is 6.54 Å². The molecule has 0 aliphatic carbocycles. The average Bonchev–Trinajstić information content (AvgIpc) is 2.81. The monoisotopic (exact) mass is 297 g/mol. The Morgan fingerprint density at radius 1 is 1.27 bits per heavy atom. The van der Waals surface area contributed by atoms with Crippen molar-refractivity contribution in [3.05, 3.63) is 52.0 Å². The molecule has 0 aliphatic rings. The summed E-state index contributed by atoms with van der Waals surface area (Å²) in [4.78, 5) is 21.1. The van der Waals surface area contributed by atoms with Gasteiger partial charge in [-0.25, -0.2) is 9.97 Å². The summed E-state index contributed by atoms with van der Waals surface area (Å²) in [6.45, 7) is 8.89. The zero-order valence-electron chi connectivity index (χ0n) is 13.2. The lowest BCUT2D eigenvalue weighted by Crippen LogP contribution is -2.25. The van der Waals surface area contributed by atoms with Gasteiger partial charge in [0.1, 0.15) is 6.33 Å². The van der Waals surface area contributed by atoms with E-state index in [1.54, 1.807) is 29.2 Å². The fraction of sp³-hybridized carbons (Fsp3) is 0.375. The Kier molecular flexibility index (Phi) is 3.52. The highest BCUT2D eigenvalue weighted by Gasteiger charge is 2.20. The van der Waals surface area contributed by atoms with Crippen LogP contribution in [0, 0.1) is 13.8 Å². The second kappa shape index (κ2) is 5.36. The molecule has 0 amide bonds. The highest BCUT2D eigenvalue weighted by Crippen LogP contribution is 2.24. The molecular weight excluding hydrogens is 278 g/mol. The fourth-order valence-electron chi connectivity index (χ4n) is 3.01. The molecular formula is C16H19N5O. The minimum Gasteiger partial charge on any atom is -0.291 e. The van der Waals surface area contributed by atoms with Gasteiger partial charge in [0, 0.05) is 24.0 Å². The van der Waals surface area contributed by atoms with E-state index in [1.807, 2.05) is 25.5 Å². The van der Waals surface area contributed by atoms with Crippen molar-refractivity contribution in [2.24, 2.45) is 0 Å². The Morgan fingerprint density at radius 2 is 2.05 bits per heavy atom. The maximum Gasteiger partial charge on any atom is 0.263 e. The molecule has 0 saturated heterocycles. The molecule has 0 saturated carbocycles. The lowest BCUT2D eigenvalue weighted by Gasteiger charge is -2.16. The molecule has 22 heavy (non-hydrogen) atoms. The van der Waals surface area contributed by atoms with E-state index in [-0.39, 0.29) is 11.6 Å². The highest BCUT2D eigenvalue weighted by atomic mass is 16.1. The summed E-state index contributed by atoms with van der Waals surface area (Å²) in [7, 11) is 0. The first kappa shape index (κ1) is 14.4. The Hall–Kier alpha value is -2.50. The van der Waals surface area contributed by atoms with Crippen molar-refractivity contribution in [2.75, 3.05) is 0 Å². The number of rotatable bonds is 3. The van der Waals surface area contributed by atoms with Gasteiger partial charge in [-0.2, -0.15) is 5.10 Å². The van der Waals surface area contributed by atoms with Crippen LogP contribution in [-0.4, -0.2) is 24.3 Å². The van der Waals surface area contributed by atoms with Gasteiger partial charge in [0.2, 0.25) is 0 Å². The third kappa shape index (κ3) is 2.11. The summed E-state index contributed by atoms with van der Waals surface area (Å²) in [5.41, 5.74) is 3.52. The summed E-state index contributed by atoms with van der Waals surface area (Å²) in [6, 6.07) is 3.40. The van der Waals surface area contributed by atoms with Crippen molar-refractivity contribution in [3.8, 4) is 0 Å². The minimum absolute atomic E-state index is 0.0753. The van der Waals surface area contributed by atoms with E-state index in [2.05, 4.69) is 22.0 Å². The van der Waals surface area contributed by atoms with Gasteiger partial charge in [-0.05, 0) is 39.8 Å².